The summed E-state index contributed by atoms with van der Waals surface area (Å²) in [6.07, 6.45) is 7.83. The average Bonchev–Trinajstić information content (AvgIpc) is 2.95. The number of carbonyl (C=O) groups excluding carboxylic acids is 1. The average molecular weight is 296 g/mol. The second-order valence-corrected chi connectivity index (χ2v) is 6.88. The van der Waals surface area contributed by atoms with Gasteiger partial charge in [-0.2, -0.15) is 0 Å². The lowest BCUT2D eigenvalue weighted by molar-refractivity contribution is -0.149. The molecule has 2 unspecified atom stereocenters. The van der Waals surface area contributed by atoms with Crippen LogP contribution in [0.5, 0.6) is 0 Å². The molecule has 21 heavy (non-hydrogen) atoms. The number of rotatable bonds is 5. The molecule has 5 heteroatoms. The molecular formula is C16H28N2O3. The number of hydrogen-bond donors (Lipinski definition) is 2. The van der Waals surface area contributed by atoms with Gasteiger partial charge in [-0.3, -0.25) is 9.59 Å². The van der Waals surface area contributed by atoms with E-state index in [1.165, 1.54) is 12.8 Å². The summed E-state index contributed by atoms with van der Waals surface area (Å²) in [5, 5.41) is 12.3. The zero-order valence-corrected chi connectivity index (χ0v) is 13.2. The third-order valence-electron chi connectivity index (χ3n) is 5.49. The van der Waals surface area contributed by atoms with Crippen LogP contribution in [-0.4, -0.2) is 48.1 Å². The maximum Gasteiger partial charge on any atom is 0.307 e. The summed E-state index contributed by atoms with van der Waals surface area (Å²) < 4.78 is 0. The normalized spacial score (nSPS) is 28.5. The Morgan fingerprint density at radius 3 is 2.19 bits per heavy atom. The standard InChI is InChI=1S/C16H28N2O3/c1-18(2)16(9-5-6-10-16)11-17-14(19)12-7-3-4-8-13(12)15(20)21/h12-13H,3-11H2,1-2H3,(H,17,19)(H,20,21). The Balaban J connectivity index is 1.95. The van der Waals surface area contributed by atoms with Crippen molar-refractivity contribution in [2.75, 3.05) is 20.6 Å². The number of aliphatic carboxylic acids is 1. The van der Waals surface area contributed by atoms with Crippen LogP contribution in [0.1, 0.15) is 51.4 Å². The molecule has 0 heterocycles. The first-order chi connectivity index (χ1) is 9.96. The van der Waals surface area contributed by atoms with Crippen molar-refractivity contribution in [1.82, 2.24) is 10.2 Å². The summed E-state index contributed by atoms with van der Waals surface area (Å²) >= 11 is 0. The molecule has 5 nitrogen and oxygen atoms in total. The highest BCUT2D eigenvalue weighted by Gasteiger charge is 2.39. The molecule has 2 saturated carbocycles. The van der Waals surface area contributed by atoms with Gasteiger partial charge in [-0.05, 0) is 39.8 Å². The molecule has 2 aliphatic carbocycles. The lowest BCUT2D eigenvalue weighted by Crippen LogP contribution is -2.52. The molecule has 1 amide bonds. The summed E-state index contributed by atoms with van der Waals surface area (Å²) in [4.78, 5) is 26.0. The first-order valence-corrected chi connectivity index (χ1v) is 8.14. The van der Waals surface area contributed by atoms with E-state index in [2.05, 4.69) is 24.3 Å². The number of hydrogen-bond acceptors (Lipinski definition) is 3. The third kappa shape index (κ3) is 3.57. The molecule has 0 bridgehead atoms. The zero-order valence-electron chi connectivity index (χ0n) is 13.2. The van der Waals surface area contributed by atoms with Crippen molar-refractivity contribution in [2.45, 2.75) is 56.9 Å². The second kappa shape index (κ2) is 6.77. The molecule has 120 valence electrons. The molecule has 2 aliphatic rings. The number of carboxylic acids is 1. The molecule has 2 atom stereocenters. The van der Waals surface area contributed by atoms with Crippen molar-refractivity contribution in [3.63, 3.8) is 0 Å². The van der Waals surface area contributed by atoms with E-state index in [1.807, 2.05) is 0 Å². The van der Waals surface area contributed by atoms with Gasteiger partial charge < -0.3 is 15.3 Å². The lowest BCUT2D eigenvalue weighted by atomic mass is 9.78. The highest BCUT2D eigenvalue weighted by molar-refractivity contribution is 5.84. The number of carbonyl (C=O) groups is 2. The van der Waals surface area contributed by atoms with E-state index in [-0.39, 0.29) is 17.4 Å². The Labute approximate surface area is 127 Å². The van der Waals surface area contributed by atoms with Crippen molar-refractivity contribution in [3.05, 3.63) is 0 Å². The minimum atomic E-state index is -0.821. The van der Waals surface area contributed by atoms with Gasteiger partial charge >= 0.3 is 5.97 Å². The first kappa shape index (κ1) is 16.3. The predicted octanol–water partition coefficient (Wildman–Crippen LogP) is 1.87. The second-order valence-electron chi connectivity index (χ2n) is 6.88. The van der Waals surface area contributed by atoms with Gasteiger partial charge in [0.1, 0.15) is 0 Å². The smallest absolute Gasteiger partial charge is 0.307 e. The minimum absolute atomic E-state index is 0.0586. The molecule has 0 radical (unpaired) electrons. The van der Waals surface area contributed by atoms with Gasteiger partial charge in [0.15, 0.2) is 0 Å². The SMILES string of the molecule is CN(C)C1(CNC(=O)C2CCCCC2C(=O)O)CCCC1. The van der Waals surface area contributed by atoms with E-state index in [0.29, 0.717) is 19.4 Å². The Morgan fingerprint density at radius 2 is 1.67 bits per heavy atom. The van der Waals surface area contributed by atoms with Gasteiger partial charge in [0.2, 0.25) is 5.91 Å². The van der Waals surface area contributed by atoms with E-state index in [9.17, 15) is 14.7 Å². The van der Waals surface area contributed by atoms with Crippen LogP contribution < -0.4 is 5.32 Å². The Morgan fingerprint density at radius 1 is 1.10 bits per heavy atom. The number of carboxylic acid groups (broad SMARTS) is 1. The van der Waals surface area contributed by atoms with Crippen LogP contribution in [0.15, 0.2) is 0 Å². The van der Waals surface area contributed by atoms with E-state index < -0.39 is 11.9 Å². The Hall–Kier alpha value is -1.10. The van der Waals surface area contributed by atoms with Gasteiger partial charge in [-0.1, -0.05) is 25.7 Å². The predicted molar refractivity (Wildman–Crippen MR) is 81.0 cm³/mol. The molecular weight excluding hydrogens is 268 g/mol. The van der Waals surface area contributed by atoms with Crippen molar-refractivity contribution in [2.24, 2.45) is 11.8 Å². The quantitative estimate of drug-likeness (QED) is 0.812. The van der Waals surface area contributed by atoms with Gasteiger partial charge in [0.25, 0.3) is 0 Å². The molecule has 2 rings (SSSR count). The number of amides is 1. The van der Waals surface area contributed by atoms with Gasteiger partial charge in [0, 0.05) is 12.1 Å². The molecule has 0 aromatic heterocycles. The summed E-state index contributed by atoms with van der Waals surface area (Å²) in [5.74, 6) is -1.73. The molecule has 0 saturated heterocycles. The van der Waals surface area contributed by atoms with E-state index in [4.69, 9.17) is 0 Å². The van der Waals surface area contributed by atoms with Gasteiger partial charge in [-0.25, -0.2) is 0 Å². The van der Waals surface area contributed by atoms with Crippen molar-refractivity contribution in [3.8, 4) is 0 Å². The molecule has 2 fully saturated rings. The topological polar surface area (TPSA) is 69.6 Å². The number of likely N-dealkylation sites (N-methyl/N-ethyl adjacent to an activating group) is 1. The fourth-order valence-corrected chi connectivity index (χ4v) is 3.94. The lowest BCUT2D eigenvalue weighted by Gasteiger charge is -2.37. The van der Waals surface area contributed by atoms with Crippen LogP contribution in [0.4, 0.5) is 0 Å². The van der Waals surface area contributed by atoms with E-state index in [1.54, 1.807) is 0 Å². The molecule has 0 spiro atoms. The maximum atomic E-state index is 12.4. The maximum absolute atomic E-state index is 12.4. The van der Waals surface area contributed by atoms with Gasteiger partial charge in [0.05, 0.1) is 11.8 Å². The van der Waals surface area contributed by atoms with Crippen LogP contribution in [0.3, 0.4) is 0 Å². The number of nitrogens with zero attached hydrogens (tertiary/aromatic N) is 1. The summed E-state index contributed by atoms with van der Waals surface area (Å²) in [6.45, 7) is 0.641. The molecule has 0 aromatic carbocycles. The Kier molecular flexibility index (Phi) is 5.25. The third-order valence-corrected chi connectivity index (χ3v) is 5.49. The monoisotopic (exact) mass is 296 g/mol. The van der Waals surface area contributed by atoms with Crippen LogP contribution in [0, 0.1) is 11.8 Å². The van der Waals surface area contributed by atoms with Crippen LogP contribution in [0.2, 0.25) is 0 Å². The van der Waals surface area contributed by atoms with E-state index >= 15 is 0 Å². The largest absolute Gasteiger partial charge is 0.481 e. The van der Waals surface area contributed by atoms with Crippen LogP contribution >= 0.6 is 0 Å². The van der Waals surface area contributed by atoms with Crippen molar-refractivity contribution >= 4 is 11.9 Å². The highest BCUT2D eigenvalue weighted by Crippen LogP contribution is 2.34. The van der Waals surface area contributed by atoms with Gasteiger partial charge in [-0.15, -0.1) is 0 Å². The van der Waals surface area contributed by atoms with Crippen LogP contribution in [-0.2, 0) is 9.59 Å². The summed E-state index contributed by atoms with van der Waals surface area (Å²) in [7, 11) is 4.14. The first-order valence-electron chi connectivity index (χ1n) is 8.14. The fourth-order valence-electron chi connectivity index (χ4n) is 3.94. The molecule has 2 N–H and O–H groups in total. The summed E-state index contributed by atoms with van der Waals surface area (Å²) in [5.41, 5.74) is 0.0586. The van der Waals surface area contributed by atoms with Crippen molar-refractivity contribution < 1.29 is 14.7 Å². The molecule has 0 aromatic rings. The zero-order chi connectivity index (χ0) is 15.5. The fraction of sp³-hybridized carbons (Fsp3) is 0.875. The number of nitrogens with one attached hydrogen (secondary N) is 1. The summed E-state index contributed by atoms with van der Waals surface area (Å²) in [6, 6.07) is 0. The van der Waals surface area contributed by atoms with E-state index in [0.717, 1.165) is 25.7 Å². The minimum Gasteiger partial charge on any atom is -0.481 e. The molecule has 0 aliphatic heterocycles. The van der Waals surface area contributed by atoms with Crippen LogP contribution in [0.25, 0.3) is 0 Å². The Bertz CT molecular complexity index is 389. The van der Waals surface area contributed by atoms with Crippen molar-refractivity contribution in [1.29, 1.82) is 0 Å². The highest BCUT2D eigenvalue weighted by atomic mass is 16.4.